The van der Waals surface area contributed by atoms with E-state index in [1.807, 2.05) is 0 Å². The number of aliphatic hydroxyl groups is 1. The van der Waals surface area contributed by atoms with Crippen molar-refractivity contribution < 1.29 is 14.6 Å². The molecule has 1 aliphatic heterocycles. The largest absolute Gasteiger partial charge is 0.460 e. The van der Waals surface area contributed by atoms with Gasteiger partial charge in [-0.3, -0.25) is 4.79 Å². The number of hydrogen-bond donors (Lipinski definition) is 1. The molecule has 0 aliphatic carbocycles. The third kappa shape index (κ3) is 4.65. The number of carbonyl (C=O) groups excluding carboxylic acids is 1. The Kier molecular flexibility index (Phi) is 5.69. The van der Waals surface area contributed by atoms with Crippen LogP contribution >= 0.6 is 0 Å². The summed E-state index contributed by atoms with van der Waals surface area (Å²) < 4.78 is 5.12. The van der Waals surface area contributed by atoms with Crippen LogP contribution in [-0.2, 0) is 9.53 Å². The van der Waals surface area contributed by atoms with Crippen LogP contribution in [0.4, 0.5) is 0 Å². The number of esters is 1. The Bertz CT molecular complexity index is 191. The van der Waals surface area contributed by atoms with Crippen LogP contribution in [0.3, 0.4) is 0 Å². The molecule has 0 bridgehead atoms. The zero-order chi connectivity index (χ0) is 11.1. The number of carbonyl (C=O) groups is 1. The normalized spacial score (nSPS) is 23.6. The summed E-state index contributed by atoms with van der Waals surface area (Å²) in [6, 6.07) is 0. The van der Waals surface area contributed by atoms with E-state index >= 15 is 0 Å². The van der Waals surface area contributed by atoms with Gasteiger partial charge in [-0.05, 0) is 19.3 Å². The van der Waals surface area contributed by atoms with E-state index in [9.17, 15) is 9.90 Å². The van der Waals surface area contributed by atoms with Gasteiger partial charge in [-0.15, -0.1) is 0 Å². The maximum Gasteiger partial charge on any atom is 0.306 e. The summed E-state index contributed by atoms with van der Waals surface area (Å²) >= 11 is 0. The Morgan fingerprint density at radius 3 is 2.93 bits per heavy atom. The summed E-state index contributed by atoms with van der Waals surface area (Å²) in [5, 5.41) is 9.81. The highest BCUT2D eigenvalue weighted by Crippen LogP contribution is 2.20. The summed E-state index contributed by atoms with van der Waals surface area (Å²) in [5.74, 6) is -0.154. The Morgan fingerprint density at radius 1 is 1.47 bits per heavy atom. The Labute approximate surface area is 91.8 Å². The van der Waals surface area contributed by atoms with Gasteiger partial charge in [-0.1, -0.05) is 32.6 Å². The molecule has 0 aromatic carbocycles. The molecule has 2 atom stereocenters. The molecule has 1 heterocycles. The SMILES string of the molecule is CCCCCC[C@H](O)[C@@H]1CCCC(=O)O1. The quantitative estimate of drug-likeness (QED) is 0.545. The molecule has 1 N–H and O–H groups in total. The number of unbranched alkanes of at least 4 members (excludes halogenated alkanes) is 3. The van der Waals surface area contributed by atoms with E-state index in [1.54, 1.807) is 0 Å². The molecule has 1 saturated heterocycles. The second-order valence-corrected chi connectivity index (χ2v) is 4.34. The van der Waals surface area contributed by atoms with Crippen LogP contribution in [0.2, 0.25) is 0 Å². The van der Waals surface area contributed by atoms with Gasteiger partial charge in [-0.2, -0.15) is 0 Å². The van der Waals surface area contributed by atoms with Gasteiger partial charge in [0.15, 0.2) is 0 Å². The van der Waals surface area contributed by atoms with E-state index in [4.69, 9.17) is 4.74 Å². The second kappa shape index (κ2) is 6.83. The lowest BCUT2D eigenvalue weighted by molar-refractivity contribution is -0.161. The maximum absolute atomic E-state index is 11.0. The van der Waals surface area contributed by atoms with Gasteiger partial charge in [0.05, 0.1) is 6.10 Å². The van der Waals surface area contributed by atoms with E-state index in [2.05, 4.69) is 6.92 Å². The van der Waals surface area contributed by atoms with Crippen molar-refractivity contribution in [3.05, 3.63) is 0 Å². The summed E-state index contributed by atoms with van der Waals surface area (Å²) in [6.07, 6.45) is 6.87. The second-order valence-electron chi connectivity index (χ2n) is 4.34. The van der Waals surface area contributed by atoms with E-state index in [0.29, 0.717) is 6.42 Å². The fourth-order valence-electron chi connectivity index (χ4n) is 1.97. The van der Waals surface area contributed by atoms with Crippen molar-refractivity contribution in [1.82, 2.24) is 0 Å². The average Bonchev–Trinajstić information content (AvgIpc) is 2.24. The zero-order valence-electron chi connectivity index (χ0n) is 9.58. The zero-order valence-corrected chi connectivity index (χ0v) is 9.58. The minimum Gasteiger partial charge on any atom is -0.460 e. The van der Waals surface area contributed by atoms with Crippen molar-refractivity contribution in [1.29, 1.82) is 0 Å². The molecule has 3 nitrogen and oxygen atoms in total. The van der Waals surface area contributed by atoms with Gasteiger partial charge >= 0.3 is 5.97 Å². The molecule has 88 valence electrons. The first-order valence-corrected chi connectivity index (χ1v) is 6.11. The minimum atomic E-state index is -0.453. The Morgan fingerprint density at radius 2 is 2.27 bits per heavy atom. The average molecular weight is 214 g/mol. The van der Waals surface area contributed by atoms with Crippen LogP contribution in [-0.4, -0.2) is 23.3 Å². The van der Waals surface area contributed by atoms with Crippen LogP contribution in [0.1, 0.15) is 58.3 Å². The fourth-order valence-corrected chi connectivity index (χ4v) is 1.97. The first kappa shape index (κ1) is 12.5. The molecule has 0 saturated carbocycles. The van der Waals surface area contributed by atoms with Crippen molar-refractivity contribution in [2.45, 2.75) is 70.5 Å². The van der Waals surface area contributed by atoms with Crippen molar-refractivity contribution >= 4 is 5.97 Å². The van der Waals surface area contributed by atoms with E-state index in [-0.39, 0.29) is 12.1 Å². The summed E-state index contributed by atoms with van der Waals surface area (Å²) in [7, 11) is 0. The molecule has 0 aromatic heterocycles. The van der Waals surface area contributed by atoms with Crippen LogP contribution in [0.25, 0.3) is 0 Å². The lowest BCUT2D eigenvalue weighted by Gasteiger charge is -2.26. The first-order chi connectivity index (χ1) is 7.24. The molecule has 3 heteroatoms. The number of aliphatic hydroxyl groups excluding tert-OH is 1. The van der Waals surface area contributed by atoms with Gasteiger partial charge in [0.1, 0.15) is 6.10 Å². The molecule has 15 heavy (non-hydrogen) atoms. The number of ether oxygens (including phenoxy) is 1. The molecule has 0 unspecified atom stereocenters. The monoisotopic (exact) mass is 214 g/mol. The van der Waals surface area contributed by atoms with Crippen molar-refractivity contribution in [2.24, 2.45) is 0 Å². The highest BCUT2D eigenvalue weighted by Gasteiger charge is 2.26. The molecule has 0 amide bonds. The highest BCUT2D eigenvalue weighted by atomic mass is 16.6. The topological polar surface area (TPSA) is 46.5 Å². The smallest absolute Gasteiger partial charge is 0.306 e. The van der Waals surface area contributed by atoms with E-state index in [0.717, 1.165) is 32.1 Å². The lowest BCUT2D eigenvalue weighted by Crippen LogP contribution is -2.34. The molecule has 1 fully saturated rings. The van der Waals surface area contributed by atoms with Gasteiger partial charge in [0, 0.05) is 6.42 Å². The van der Waals surface area contributed by atoms with Crippen LogP contribution < -0.4 is 0 Å². The lowest BCUT2D eigenvalue weighted by atomic mass is 9.99. The summed E-state index contributed by atoms with van der Waals surface area (Å²) in [6.45, 7) is 2.17. The van der Waals surface area contributed by atoms with Gasteiger partial charge in [0.25, 0.3) is 0 Å². The minimum absolute atomic E-state index is 0.154. The Hall–Kier alpha value is -0.570. The standard InChI is InChI=1S/C12H22O3/c1-2-3-4-5-7-10(13)11-8-6-9-12(14)15-11/h10-11,13H,2-9H2,1H3/t10-,11-/m0/s1. The number of hydrogen-bond acceptors (Lipinski definition) is 3. The van der Waals surface area contributed by atoms with Gasteiger partial charge in [-0.25, -0.2) is 0 Å². The molecule has 0 radical (unpaired) electrons. The first-order valence-electron chi connectivity index (χ1n) is 6.11. The fraction of sp³-hybridized carbons (Fsp3) is 0.917. The van der Waals surface area contributed by atoms with Crippen LogP contribution in [0.5, 0.6) is 0 Å². The molecule has 1 aliphatic rings. The van der Waals surface area contributed by atoms with E-state index < -0.39 is 6.10 Å². The van der Waals surface area contributed by atoms with Crippen molar-refractivity contribution in [2.75, 3.05) is 0 Å². The van der Waals surface area contributed by atoms with Crippen LogP contribution in [0, 0.1) is 0 Å². The highest BCUT2D eigenvalue weighted by molar-refractivity contribution is 5.70. The van der Waals surface area contributed by atoms with Gasteiger partial charge < -0.3 is 9.84 Å². The Balaban J connectivity index is 2.15. The third-order valence-electron chi connectivity index (χ3n) is 2.93. The summed E-state index contributed by atoms with van der Waals surface area (Å²) in [4.78, 5) is 11.0. The van der Waals surface area contributed by atoms with Crippen LogP contribution in [0.15, 0.2) is 0 Å². The third-order valence-corrected chi connectivity index (χ3v) is 2.93. The number of rotatable bonds is 6. The number of cyclic esters (lactones) is 1. The van der Waals surface area contributed by atoms with Crippen molar-refractivity contribution in [3.63, 3.8) is 0 Å². The molecular weight excluding hydrogens is 192 g/mol. The molecule has 0 spiro atoms. The van der Waals surface area contributed by atoms with Gasteiger partial charge in [0.2, 0.25) is 0 Å². The summed E-state index contributed by atoms with van der Waals surface area (Å²) in [5.41, 5.74) is 0. The molecule has 1 rings (SSSR count). The van der Waals surface area contributed by atoms with Crippen molar-refractivity contribution in [3.8, 4) is 0 Å². The molecular formula is C12H22O3. The van der Waals surface area contributed by atoms with E-state index in [1.165, 1.54) is 12.8 Å². The molecule has 0 aromatic rings. The predicted molar refractivity (Wildman–Crippen MR) is 58.5 cm³/mol. The predicted octanol–water partition coefficient (Wildman–Crippen LogP) is 2.41. The maximum atomic E-state index is 11.0.